The number of hydrogen-bond acceptors (Lipinski definition) is 1. The highest BCUT2D eigenvalue weighted by Gasteiger charge is 2.38. The quantitative estimate of drug-likeness (QED) is 0.173. The summed E-state index contributed by atoms with van der Waals surface area (Å²) in [4.78, 5) is 0. The van der Waals surface area contributed by atoms with E-state index in [1.165, 1.54) is 97.0 Å². The first-order valence-corrected chi connectivity index (χ1v) is 16.9. The highest BCUT2D eigenvalue weighted by atomic mass is 32.1. The summed E-state index contributed by atoms with van der Waals surface area (Å²) in [5.41, 5.74) is 10.7. The van der Waals surface area contributed by atoms with E-state index >= 15 is 0 Å². The predicted molar refractivity (Wildman–Crippen MR) is 200 cm³/mol. The lowest BCUT2D eigenvalue weighted by molar-refractivity contribution is 0.667. The summed E-state index contributed by atoms with van der Waals surface area (Å²) < 4.78 is 2.79. The van der Waals surface area contributed by atoms with Gasteiger partial charge < -0.3 is 0 Å². The molecule has 46 heavy (non-hydrogen) atoms. The van der Waals surface area contributed by atoms with Gasteiger partial charge in [0.1, 0.15) is 0 Å². The van der Waals surface area contributed by atoms with Gasteiger partial charge in [-0.2, -0.15) is 0 Å². The molecule has 0 bridgehead atoms. The minimum atomic E-state index is -0.0965. The van der Waals surface area contributed by atoms with Crippen LogP contribution < -0.4 is 0 Å². The van der Waals surface area contributed by atoms with E-state index in [0.29, 0.717) is 0 Å². The van der Waals surface area contributed by atoms with Crippen molar-refractivity contribution in [2.24, 2.45) is 0 Å². The number of thiophene rings is 1. The van der Waals surface area contributed by atoms with Gasteiger partial charge in [0, 0.05) is 25.6 Å². The molecule has 0 nitrogen and oxygen atoms in total. The molecule has 0 saturated heterocycles. The van der Waals surface area contributed by atoms with Crippen molar-refractivity contribution in [1.29, 1.82) is 0 Å². The molecular weight excluding hydrogens is 573 g/mol. The van der Waals surface area contributed by atoms with Gasteiger partial charge in [-0.3, -0.25) is 0 Å². The smallest absolute Gasteiger partial charge is 0.0402 e. The van der Waals surface area contributed by atoms with E-state index in [-0.39, 0.29) is 5.41 Å². The average molecular weight is 603 g/mol. The Labute approximate surface area is 272 Å². The lowest BCUT2D eigenvalue weighted by Gasteiger charge is -2.22. The summed E-state index contributed by atoms with van der Waals surface area (Å²) in [5, 5.41) is 10.6. The first kappa shape index (κ1) is 26.0. The van der Waals surface area contributed by atoms with Crippen LogP contribution in [0.15, 0.2) is 146 Å². The minimum absolute atomic E-state index is 0.0965. The Morgan fingerprint density at radius 1 is 0.457 bits per heavy atom. The van der Waals surface area contributed by atoms with Crippen molar-refractivity contribution in [3.8, 4) is 33.4 Å². The van der Waals surface area contributed by atoms with E-state index < -0.39 is 0 Å². The Hall–Kier alpha value is -5.24. The molecule has 0 saturated carbocycles. The Kier molecular flexibility index (Phi) is 5.31. The highest BCUT2D eigenvalue weighted by Crippen LogP contribution is 2.55. The first-order chi connectivity index (χ1) is 22.6. The Bertz CT molecular complexity index is 2650. The second kappa shape index (κ2) is 9.39. The molecule has 0 unspecified atom stereocenters. The fourth-order valence-corrected chi connectivity index (χ4v) is 9.84. The van der Waals surface area contributed by atoms with Gasteiger partial charge in [-0.25, -0.2) is 0 Å². The van der Waals surface area contributed by atoms with Crippen LogP contribution in [-0.2, 0) is 5.41 Å². The van der Waals surface area contributed by atoms with Crippen molar-refractivity contribution < 1.29 is 0 Å². The monoisotopic (exact) mass is 602 g/mol. The van der Waals surface area contributed by atoms with Crippen LogP contribution in [0.1, 0.15) is 25.0 Å². The highest BCUT2D eigenvalue weighted by molar-refractivity contribution is 7.26. The SMILES string of the molecule is CC1(C)c2ccc(-c3c4ccccc4c(-c4ccccc4)c4ccccc34)cc2-c2ccc3c(sc4ccc5ccccc5c43)c21. The first-order valence-electron chi connectivity index (χ1n) is 16.1. The molecule has 1 aliphatic carbocycles. The van der Waals surface area contributed by atoms with Gasteiger partial charge in [0.15, 0.2) is 0 Å². The molecule has 0 spiro atoms. The molecule has 0 N–H and O–H groups in total. The van der Waals surface area contributed by atoms with Gasteiger partial charge in [-0.05, 0) is 89.0 Å². The zero-order valence-corrected chi connectivity index (χ0v) is 26.6. The molecule has 1 heterocycles. The molecular formula is C45H30S. The molecule has 0 atom stereocenters. The predicted octanol–water partition coefficient (Wildman–Crippen LogP) is 13.2. The van der Waals surface area contributed by atoms with E-state index in [1.807, 2.05) is 11.3 Å². The summed E-state index contributed by atoms with van der Waals surface area (Å²) in [6.45, 7) is 4.83. The molecule has 0 aliphatic heterocycles. The van der Waals surface area contributed by atoms with Gasteiger partial charge >= 0.3 is 0 Å². The Morgan fingerprint density at radius 2 is 1.07 bits per heavy atom. The van der Waals surface area contributed by atoms with Crippen molar-refractivity contribution in [3.63, 3.8) is 0 Å². The second-order valence-corrected chi connectivity index (χ2v) is 14.3. The zero-order chi connectivity index (χ0) is 30.6. The van der Waals surface area contributed by atoms with Crippen LogP contribution in [0, 0.1) is 0 Å². The summed E-state index contributed by atoms with van der Waals surface area (Å²) in [6, 6.07) is 54.2. The van der Waals surface area contributed by atoms with Crippen molar-refractivity contribution in [1.82, 2.24) is 0 Å². The maximum atomic E-state index is 2.48. The molecule has 1 aliphatic rings. The van der Waals surface area contributed by atoms with Gasteiger partial charge in [-0.15, -0.1) is 11.3 Å². The van der Waals surface area contributed by atoms with Crippen LogP contribution in [0.2, 0.25) is 0 Å². The number of benzene rings is 8. The van der Waals surface area contributed by atoms with Crippen LogP contribution in [0.3, 0.4) is 0 Å². The molecule has 10 rings (SSSR count). The summed E-state index contributed by atoms with van der Waals surface area (Å²) in [5.74, 6) is 0. The van der Waals surface area contributed by atoms with Crippen molar-refractivity contribution in [2.75, 3.05) is 0 Å². The third-order valence-corrected chi connectivity index (χ3v) is 11.6. The van der Waals surface area contributed by atoms with Crippen LogP contribution >= 0.6 is 11.3 Å². The van der Waals surface area contributed by atoms with E-state index in [9.17, 15) is 0 Å². The van der Waals surface area contributed by atoms with E-state index in [1.54, 1.807) is 0 Å². The molecule has 8 aromatic carbocycles. The maximum Gasteiger partial charge on any atom is 0.0402 e. The number of rotatable bonds is 2. The minimum Gasteiger partial charge on any atom is -0.135 e. The molecule has 0 amide bonds. The van der Waals surface area contributed by atoms with Crippen LogP contribution in [-0.4, -0.2) is 0 Å². The van der Waals surface area contributed by atoms with Crippen LogP contribution in [0.25, 0.3) is 85.9 Å². The Balaban J connectivity index is 1.25. The van der Waals surface area contributed by atoms with Gasteiger partial charge in [0.25, 0.3) is 0 Å². The molecule has 1 aromatic heterocycles. The third kappa shape index (κ3) is 3.44. The van der Waals surface area contributed by atoms with Gasteiger partial charge in [0.05, 0.1) is 0 Å². The topological polar surface area (TPSA) is 0 Å². The van der Waals surface area contributed by atoms with Crippen LogP contribution in [0.5, 0.6) is 0 Å². The average Bonchev–Trinajstić information content (AvgIpc) is 3.59. The van der Waals surface area contributed by atoms with E-state index in [4.69, 9.17) is 0 Å². The molecule has 0 fully saturated rings. The van der Waals surface area contributed by atoms with Crippen molar-refractivity contribution >= 4 is 63.8 Å². The van der Waals surface area contributed by atoms with Gasteiger partial charge in [0.2, 0.25) is 0 Å². The van der Waals surface area contributed by atoms with Crippen molar-refractivity contribution in [2.45, 2.75) is 19.3 Å². The van der Waals surface area contributed by atoms with Crippen LogP contribution in [0.4, 0.5) is 0 Å². The molecule has 0 radical (unpaired) electrons. The normalized spacial score (nSPS) is 13.6. The zero-order valence-electron chi connectivity index (χ0n) is 25.8. The number of fused-ring (bicyclic) bond motifs is 11. The van der Waals surface area contributed by atoms with Crippen molar-refractivity contribution in [3.05, 3.63) is 157 Å². The molecule has 216 valence electrons. The largest absolute Gasteiger partial charge is 0.135 e. The lowest BCUT2D eigenvalue weighted by Crippen LogP contribution is -2.15. The standard InChI is InChI=1S/C45H30S/c1-45(2)38-24-20-29(41-33-18-10-8-16-31(33)40(28-13-4-3-5-14-28)32-17-9-11-19-34(32)41)26-37(38)35-22-23-36-42-30-15-7-6-12-27(30)21-25-39(42)46-44(36)43(35)45/h3-26H,1-2H3. The fraction of sp³-hybridized carbons (Fsp3) is 0.0667. The summed E-state index contributed by atoms with van der Waals surface area (Å²) in [7, 11) is 0. The van der Waals surface area contributed by atoms with E-state index in [2.05, 4.69) is 159 Å². The summed E-state index contributed by atoms with van der Waals surface area (Å²) in [6.07, 6.45) is 0. The number of hydrogen-bond donors (Lipinski definition) is 0. The third-order valence-electron chi connectivity index (χ3n) is 10.4. The molecule has 1 heteroatoms. The lowest BCUT2D eigenvalue weighted by atomic mass is 9.81. The summed E-state index contributed by atoms with van der Waals surface area (Å²) >= 11 is 1.96. The van der Waals surface area contributed by atoms with Gasteiger partial charge in [-0.1, -0.05) is 147 Å². The second-order valence-electron chi connectivity index (χ2n) is 13.2. The maximum absolute atomic E-state index is 2.48. The molecule has 9 aromatic rings. The van der Waals surface area contributed by atoms with E-state index in [0.717, 1.165) is 0 Å². The Morgan fingerprint density at radius 3 is 1.76 bits per heavy atom. The fourth-order valence-electron chi connectivity index (χ4n) is 8.41.